The van der Waals surface area contributed by atoms with Gasteiger partial charge in [-0.15, -0.1) is 0 Å². The van der Waals surface area contributed by atoms with Crippen LogP contribution in [0.2, 0.25) is 0 Å². The summed E-state index contributed by atoms with van der Waals surface area (Å²) in [5, 5.41) is 10.5. The summed E-state index contributed by atoms with van der Waals surface area (Å²) in [6.45, 7) is 8.67. The van der Waals surface area contributed by atoms with Crippen LogP contribution in [0, 0.1) is 6.92 Å². The number of anilines is 2. The minimum Gasteiger partial charge on any atom is -0.398 e. The second-order valence-electron chi connectivity index (χ2n) is 7.92. The summed E-state index contributed by atoms with van der Waals surface area (Å²) in [5.41, 5.74) is 10.3. The number of hydrogen-bond donors (Lipinski definition) is 3. The zero-order chi connectivity index (χ0) is 20.3. The van der Waals surface area contributed by atoms with Gasteiger partial charge >= 0.3 is 6.03 Å². The zero-order valence-corrected chi connectivity index (χ0v) is 16.8. The number of aryl methyl sites for hydroxylation is 1. The molecule has 28 heavy (non-hydrogen) atoms. The second-order valence-corrected chi connectivity index (χ2v) is 7.92. The van der Waals surface area contributed by atoms with E-state index in [-0.39, 0.29) is 11.4 Å². The molecule has 0 bridgehead atoms. The second kappa shape index (κ2) is 7.76. The van der Waals surface area contributed by atoms with Gasteiger partial charge in [0.2, 0.25) is 0 Å². The number of amides is 2. The summed E-state index contributed by atoms with van der Waals surface area (Å²) < 4.78 is 1.76. The number of rotatable bonds is 4. The van der Waals surface area contributed by atoms with Gasteiger partial charge in [-0.2, -0.15) is 5.10 Å². The predicted octanol–water partition coefficient (Wildman–Crippen LogP) is 4.38. The van der Waals surface area contributed by atoms with Crippen molar-refractivity contribution in [1.82, 2.24) is 15.1 Å². The summed E-state index contributed by atoms with van der Waals surface area (Å²) in [6, 6.07) is 17.1. The van der Waals surface area contributed by atoms with E-state index in [4.69, 9.17) is 10.8 Å². The van der Waals surface area contributed by atoms with Gasteiger partial charge < -0.3 is 11.1 Å². The van der Waals surface area contributed by atoms with Crippen molar-refractivity contribution >= 4 is 17.5 Å². The van der Waals surface area contributed by atoms with Gasteiger partial charge in [-0.05, 0) is 30.7 Å². The minimum absolute atomic E-state index is 0.138. The van der Waals surface area contributed by atoms with E-state index in [1.165, 1.54) is 5.56 Å². The van der Waals surface area contributed by atoms with Crippen molar-refractivity contribution in [2.24, 2.45) is 0 Å². The third-order valence-corrected chi connectivity index (χ3v) is 4.49. The van der Waals surface area contributed by atoms with Crippen LogP contribution in [0.15, 0.2) is 54.6 Å². The molecule has 1 aromatic heterocycles. The fraction of sp³-hybridized carbons (Fsp3) is 0.273. The fourth-order valence-corrected chi connectivity index (χ4v) is 2.75. The van der Waals surface area contributed by atoms with E-state index in [9.17, 15) is 4.79 Å². The van der Waals surface area contributed by atoms with E-state index < -0.39 is 0 Å². The average molecular weight is 377 g/mol. The normalized spacial score (nSPS) is 11.3. The van der Waals surface area contributed by atoms with Crippen molar-refractivity contribution in [2.75, 3.05) is 11.1 Å². The Balaban J connectivity index is 1.81. The average Bonchev–Trinajstić information content (AvgIpc) is 3.06. The molecule has 146 valence electrons. The lowest BCUT2D eigenvalue weighted by Gasteiger charge is -2.14. The molecule has 3 rings (SSSR count). The lowest BCUT2D eigenvalue weighted by molar-refractivity contribution is 0.251. The Bertz CT molecular complexity index is 967. The van der Waals surface area contributed by atoms with Gasteiger partial charge in [0.1, 0.15) is 5.82 Å². The van der Waals surface area contributed by atoms with Gasteiger partial charge in [-0.1, -0.05) is 56.7 Å². The number of hydrogen-bond acceptors (Lipinski definition) is 3. The number of benzene rings is 2. The number of para-hydroxylation sites is 1. The molecule has 0 spiro atoms. The maximum absolute atomic E-state index is 12.5. The van der Waals surface area contributed by atoms with Crippen molar-refractivity contribution in [3.8, 4) is 5.69 Å². The molecule has 6 nitrogen and oxygen atoms in total. The van der Waals surface area contributed by atoms with Crippen molar-refractivity contribution in [3.05, 3.63) is 71.4 Å². The molecule has 0 aliphatic rings. The smallest absolute Gasteiger partial charge is 0.320 e. The van der Waals surface area contributed by atoms with Gasteiger partial charge in [-0.25, -0.2) is 9.48 Å². The van der Waals surface area contributed by atoms with Crippen LogP contribution in [-0.4, -0.2) is 15.8 Å². The lowest BCUT2D eigenvalue weighted by atomic mass is 9.92. The highest BCUT2D eigenvalue weighted by Crippen LogP contribution is 2.26. The molecule has 1 heterocycles. The standard InChI is InChI=1S/C22H27N5O/c1-15-9-11-17(12-10-15)27-20(13-19(26-27)22(2,3)4)25-21(28)24-14-16-7-5-6-8-18(16)23/h5-13H,14,23H2,1-4H3,(H2,24,25,28). The Labute approximate surface area is 165 Å². The van der Waals surface area contributed by atoms with Crippen LogP contribution in [0.3, 0.4) is 0 Å². The van der Waals surface area contributed by atoms with Crippen LogP contribution in [0.25, 0.3) is 5.69 Å². The first-order chi connectivity index (χ1) is 13.2. The number of carbonyl (C=O) groups is 1. The van der Waals surface area contributed by atoms with Crippen LogP contribution < -0.4 is 16.4 Å². The molecular weight excluding hydrogens is 350 g/mol. The summed E-state index contributed by atoms with van der Waals surface area (Å²) >= 11 is 0. The van der Waals surface area contributed by atoms with E-state index >= 15 is 0 Å². The van der Waals surface area contributed by atoms with E-state index in [1.54, 1.807) is 4.68 Å². The topological polar surface area (TPSA) is 85.0 Å². The first-order valence-corrected chi connectivity index (χ1v) is 9.30. The third-order valence-electron chi connectivity index (χ3n) is 4.49. The monoisotopic (exact) mass is 377 g/mol. The molecule has 2 amide bonds. The maximum atomic E-state index is 12.5. The molecule has 3 aromatic rings. The van der Waals surface area contributed by atoms with E-state index in [0.29, 0.717) is 18.1 Å². The highest BCUT2D eigenvalue weighted by Gasteiger charge is 2.21. The van der Waals surface area contributed by atoms with Crippen LogP contribution in [0.5, 0.6) is 0 Å². The van der Waals surface area contributed by atoms with Crippen molar-refractivity contribution in [1.29, 1.82) is 0 Å². The SMILES string of the molecule is Cc1ccc(-n2nc(C(C)(C)C)cc2NC(=O)NCc2ccccc2N)cc1. The molecule has 0 saturated carbocycles. The zero-order valence-electron chi connectivity index (χ0n) is 16.8. The number of aromatic nitrogens is 2. The molecule has 4 N–H and O–H groups in total. The summed E-state index contributed by atoms with van der Waals surface area (Å²) in [4.78, 5) is 12.5. The summed E-state index contributed by atoms with van der Waals surface area (Å²) in [6.07, 6.45) is 0. The van der Waals surface area contributed by atoms with Crippen molar-refractivity contribution in [3.63, 3.8) is 0 Å². The van der Waals surface area contributed by atoms with E-state index in [1.807, 2.05) is 61.5 Å². The Hall–Kier alpha value is -3.28. The third kappa shape index (κ3) is 4.52. The number of nitrogen functional groups attached to an aromatic ring is 1. The van der Waals surface area contributed by atoms with Gasteiger partial charge in [-0.3, -0.25) is 5.32 Å². The van der Waals surface area contributed by atoms with Crippen LogP contribution in [0.4, 0.5) is 16.3 Å². The number of nitrogens with two attached hydrogens (primary N) is 1. The molecule has 0 unspecified atom stereocenters. The maximum Gasteiger partial charge on any atom is 0.320 e. The first-order valence-electron chi connectivity index (χ1n) is 9.30. The lowest BCUT2D eigenvalue weighted by Crippen LogP contribution is -2.29. The van der Waals surface area contributed by atoms with Gasteiger partial charge in [0.15, 0.2) is 0 Å². The van der Waals surface area contributed by atoms with Crippen LogP contribution in [0.1, 0.15) is 37.6 Å². The molecule has 0 atom stereocenters. The Morgan fingerprint density at radius 3 is 2.43 bits per heavy atom. The molecule has 0 radical (unpaired) electrons. The molecule has 2 aromatic carbocycles. The van der Waals surface area contributed by atoms with Gasteiger partial charge in [0.05, 0.1) is 11.4 Å². The van der Waals surface area contributed by atoms with Crippen LogP contribution in [-0.2, 0) is 12.0 Å². The van der Waals surface area contributed by atoms with Gasteiger partial charge in [0.25, 0.3) is 0 Å². The number of nitrogens with one attached hydrogen (secondary N) is 2. The van der Waals surface area contributed by atoms with Crippen molar-refractivity contribution in [2.45, 2.75) is 39.7 Å². The Morgan fingerprint density at radius 1 is 1.11 bits per heavy atom. The first kappa shape index (κ1) is 19.5. The molecule has 0 aliphatic carbocycles. The van der Waals surface area contributed by atoms with Crippen molar-refractivity contribution < 1.29 is 4.79 Å². The van der Waals surface area contributed by atoms with E-state index in [2.05, 4.69) is 31.4 Å². The Kier molecular flexibility index (Phi) is 5.40. The molecule has 0 aliphatic heterocycles. The van der Waals surface area contributed by atoms with Gasteiger partial charge in [0, 0.05) is 23.7 Å². The summed E-state index contributed by atoms with van der Waals surface area (Å²) in [7, 11) is 0. The number of urea groups is 1. The number of nitrogens with zero attached hydrogens (tertiary/aromatic N) is 2. The fourth-order valence-electron chi connectivity index (χ4n) is 2.75. The quantitative estimate of drug-likeness (QED) is 0.590. The highest BCUT2D eigenvalue weighted by molar-refractivity contribution is 5.88. The Morgan fingerprint density at radius 2 is 1.79 bits per heavy atom. The molecular formula is C22H27N5O. The molecule has 6 heteroatoms. The highest BCUT2D eigenvalue weighted by atomic mass is 16.2. The summed E-state index contributed by atoms with van der Waals surface area (Å²) in [5.74, 6) is 0.618. The molecule has 0 saturated heterocycles. The predicted molar refractivity (Wildman–Crippen MR) is 114 cm³/mol. The molecule has 0 fully saturated rings. The van der Waals surface area contributed by atoms with Crippen LogP contribution >= 0.6 is 0 Å². The number of carbonyl (C=O) groups excluding carboxylic acids is 1. The van der Waals surface area contributed by atoms with E-state index in [0.717, 1.165) is 16.9 Å². The minimum atomic E-state index is -0.308. The largest absolute Gasteiger partial charge is 0.398 e.